The van der Waals surface area contributed by atoms with Crippen LogP contribution in [0.2, 0.25) is 0 Å². The summed E-state index contributed by atoms with van der Waals surface area (Å²) >= 11 is 5.22. The molecule has 1 atom stereocenters. The fourth-order valence-corrected chi connectivity index (χ4v) is 4.24. The first-order chi connectivity index (χ1) is 9.41. The van der Waals surface area contributed by atoms with Crippen LogP contribution in [0.25, 0.3) is 0 Å². The molecule has 0 saturated heterocycles. The lowest BCUT2D eigenvalue weighted by Gasteiger charge is -2.17. The van der Waals surface area contributed by atoms with Gasteiger partial charge in [0, 0.05) is 28.1 Å². The number of thiophene rings is 1. The molecule has 0 aliphatic rings. The first kappa shape index (κ1) is 15.7. The molecule has 0 aliphatic heterocycles. The zero-order chi connectivity index (χ0) is 14.8. The summed E-state index contributed by atoms with van der Waals surface area (Å²) in [5.74, 6) is 0. The van der Waals surface area contributed by atoms with Crippen molar-refractivity contribution >= 4 is 37.1 Å². The van der Waals surface area contributed by atoms with E-state index < -0.39 is 9.84 Å². The molecule has 2 aromatic rings. The highest BCUT2D eigenvalue weighted by Gasteiger charge is 2.15. The Bertz CT molecular complexity index is 695. The number of nitrogens with one attached hydrogen (secondary N) is 1. The Labute approximate surface area is 132 Å². The second-order valence-corrected chi connectivity index (χ2v) is 8.45. The van der Waals surface area contributed by atoms with Gasteiger partial charge in [-0.2, -0.15) is 0 Å². The molecule has 1 unspecified atom stereocenters. The fraction of sp³-hybridized carbons (Fsp3) is 0.286. The smallest absolute Gasteiger partial charge is 0.175 e. The van der Waals surface area contributed by atoms with E-state index in [4.69, 9.17) is 0 Å². The first-order valence-corrected chi connectivity index (χ1v) is 9.67. The van der Waals surface area contributed by atoms with Crippen molar-refractivity contribution in [1.82, 2.24) is 5.32 Å². The molecule has 6 heteroatoms. The first-order valence-electron chi connectivity index (χ1n) is 6.11. The Morgan fingerprint density at radius 1 is 1.35 bits per heavy atom. The molecule has 0 saturated carbocycles. The second-order valence-electron chi connectivity index (χ2n) is 4.58. The van der Waals surface area contributed by atoms with Gasteiger partial charge in [0.25, 0.3) is 0 Å². The van der Waals surface area contributed by atoms with E-state index in [1.165, 1.54) is 11.1 Å². The van der Waals surface area contributed by atoms with Gasteiger partial charge in [-0.25, -0.2) is 8.42 Å². The molecule has 0 spiro atoms. The predicted molar refractivity (Wildman–Crippen MR) is 87.1 cm³/mol. The molecular formula is C14H16BrNO2S2. The molecule has 1 aromatic carbocycles. The van der Waals surface area contributed by atoms with E-state index in [2.05, 4.69) is 21.2 Å². The summed E-state index contributed by atoms with van der Waals surface area (Å²) in [7, 11) is -1.28. The van der Waals surface area contributed by atoms with Gasteiger partial charge in [0.1, 0.15) is 0 Å². The molecule has 0 aliphatic carbocycles. The van der Waals surface area contributed by atoms with Crippen molar-refractivity contribution in [3.8, 4) is 0 Å². The molecule has 1 heterocycles. The van der Waals surface area contributed by atoms with Gasteiger partial charge in [-0.1, -0.05) is 12.1 Å². The van der Waals surface area contributed by atoms with Crippen molar-refractivity contribution in [1.29, 1.82) is 0 Å². The maximum atomic E-state index is 11.6. The number of rotatable bonds is 5. The average molecular weight is 374 g/mol. The zero-order valence-electron chi connectivity index (χ0n) is 11.3. The fourth-order valence-electron chi connectivity index (χ4n) is 2.00. The minimum absolute atomic E-state index is 0.0895. The van der Waals surface area contributed by atoms with Crippen LogP contribution in [0.1, 0.15) is 16.5 Å². The number of likely N-dealkylation sites (N-methyl/N-ethyl adjacent to an activating group) is 1. The molecule has 108 valence electrons. The Hall–Kier alpha value is -0.690. The second kappa shape index (κ2) is 6.39. The Morgan fingerprint density at radius 2 is 2.10 bits per heavy atom. The van der Waals surface area contributed by atoms with Crippen molar-refractivity contribution in [2.24, 2.45) is 0 Å². The molecule has 20 heavy (non-hydrogen) atoms. The molecular weight excluding hydrogens is 358 g/mol. The monoisotopic (exact) mass is 373 g/mol. The van der Waals surface area contributed by atoms with E-state index in [1.807, 2.05) is 24.6 Å². The number of sulfone groups is 1. The van der Waals surface area contributed by atoms with E-state index in [0.717, 1.165) is 16.5 Å². The SMILES string of the molecule is CNC(Cc1sccc1Br)c1cccc(S(C)(=O)=O)c1. The third-order valence-electron chi connectivity index (χ3n) is 3.12. The van der Waals surface area contributed by atoms with Crippen LogP contribution in [0.3, 0.4) is 0 Å². The van der Waals surface area contributed by atoms with Crippen molar-refractivity contribution in [2.45, 2.75) is 17.4 Å². The predicted octanol–water partition coefficient (Wildman–Crippen LogP) is 3.42. The summed E-state index contributed by atoms with van der Waals surface area (Å²) in [5, 5.41) is 5.29. The molecule has 0 bridgehead atoms. The van der Waals surface area contributed by atoms with Crippen LogP contribution >= 0.6 is 27.3 Å². The number of hydrogen-bond donors (Lipinski definition) is 1. The van der Waals surface area contributed by atoms with Crippen molar-refractivity contribution in [3.05, 3.63) is 50.6 Å². The quantitative estimate of drug-likeness (QED) is 0.873. The summed E-state index contributed by atoms with van der Waals surface area (Å²) in [6.45, 7) is 0. The highest BCUT2D eigenvalue weighted by Crippen LogP contribution is 2.28. The highest BCUT2D eigenvalue weighted by molar-refractivity contribution is 9.10. The summed E-state index contributed by atoms with van der Waals surface area (Å²) in [6, 6.07) is 9.24. The summed E-state index contributed by atoms with van der Waals surface area (Å²) < 4.78 is 24.4. The lowest BCUT2D eigenvalue weighted by molar-refractivity contribution is 0.590. The largest absolute Gasteiger partial charge is 0.313 e. The minimum Gasteiger partial charge on any atom is -0.313 e. The van der Waals surface area contributed by atoms with Crippen LogP contribution in [0, 0.1) is 0 Å². The third-order valence-corrected chi connectivity index (χ3v) is 6.18. The highest BCUT2D eigenvalue weighted by atomic mass is 79.9. The van der Waals surface area contributed by atoms with Gasteiger partial charge in [0.15, 0.2) is 9.84 Å². The molecule has 1 N–H and O–H groups in total. The van der Waals surface area contributed by atoms with E-state index in [-0.39, 0.29) is 6.04 Å². The molecule has 3 nitrogen and oxygen atoms in total. The lowest BCUT2D eigenvalue weighted by Crippen LogP contribution is -2.19. The third kappa shape index (κ3) is 3.69. The molecule has 2 rings (SSSR count). The van der Waals surface area contributed by atoms with Gasteiger partial charge in [-0.15, -0.1) is 11.3 Å². The lowest BCUT2D eigenvalue weighted by atomic mass is 10.0. The molecule has 0 amide bonds. The summed E-state index contributed by atoms with van der Waals surface area (Å²) in [4.78, 5) is 1.61. The number of halogens is 1. The van der Waals surface area contributed by atoms with Crippen molar-refractivity contribution < 1.29 is 8.42 Å². The number of benzene rings is 1. The number of hydrogen-bond acceptors (Lipinski definition) is 4. The van der Waals surface area contributed by atoms with Crippen molar-refractivity contribution in [2.75, 3.05) is 13.3 Å². The van der Waals surface area contributed by atoms with Crippen LogP contribution in [0.5, 0.6) is 0 Å². The van der Waals surface area contributed by atoms with Crippen LogP contribution < -0.4 is 5.32 Å². The molecule has 1 aromatic heterocycles. The van der Waals surface area contributed by atoms with Crippen LogP contribution in [0.15, 0.2) is 45.1 Å². The van der Waals surface area contributed by atoms with Gasteiger partial charge < -0.3 is 5.32 Å². The Kier molecular flexibility index (Phi) is 5.01. The van der Waals surface area contributed by atoms with Gasteiger partial charge >= 0.3 is 0 Å². The van der Waals surface area contributed by atoms with E-state index in [1.54, 1.807) is 29.5 Å². The van der Waals surface area contributed by atoms with E-state index >= 15 is 0 Å². The summed E-state index contributed by atoms with van der Waals surface area (Å²) in [6.07, 6.45) is 2.05. The van der Waals surface area contributed by atoms with E-state index in [0.29, 0.717) is 4.90 Å². The minimum atomic E-state index is -3.17. The van der Waals surface area contributed by atoms with Crippen LogP contribution in [0.4, 0.5) is 0 Å². The van der Waals surface area contributed by atoms with Gasteiger partial charge in [-0.05, 0) is 52.1 Å². The maximum absolute atomic E-state index is 11.6. The van der Waals surface area contributed by atoms with Gasteiger partial charge in [0.05, 0.1) is 4.90 Å². The topological polar surface area (TPSA) is 46.2 Å². The standard InChI is InChI=1S/C14H16BrNO2S2/c1-16-13(9-14-12(15)6-7-19-14)10-4-3-5-11(8-10)20(2,17)18/h3-8,13,16H,9H2,1-2H3. The summed E-state index contributed by atoms with van der Waals surface area (Å²) in [5.41, 5.74) is 0.982. The zero-order valence-corrected chi connectivity index (χ0v) is 14.5. The normalized spacial score (nSPS) is 13.3. The Morgan fingerprint density at radius 3 is 2.65 bits per heavy atom. The molecule has 0 radical (unpaired) electrons. The van der Waals surface area contributed by atoms with Crippen LogP contribution in [-0.4, -0.2) is 21.7 Å². The Balaban J connectivity index is 2.31. The van der Waals surface area contributed by atoms with Gasteiger partial charge in [-0.3, -0.25) is 0 Å². The van der Waals surface area contributed by atoms with Crippen LogP contribution in [-0.2, 0) is 16.3 Å². The van der Waals surface area contributed by atoms with Gasteiger partial charge in [0.2, 0.25) is 0 Å². The maximum Gasteiger partial charge on any atom is 0.175 e. The van der Waals surface area contributed by atoms with Crippen molar-refractivity contribution in [3.63, 3.8) is 0 Å². The molecule has 0 fully saturated rings. The van der Waals surface area contributed by atoms with E-state index in [9.17, 15) is 8.42 Å². The average Bonchev–Trinajstić information content (AvgIpc) is 2.80.